The molecule has 1 amide bonds. The van der Waals surface area contributed by atoms with Crippen molar-refractivity contribution in [1.29, 1.82) is 0 Å². The second-order valence-corrected chi connectivity index (χ2v) is 5.81. The van der Waals surface area contributed by atoms with Gasteiger partial charge in [0.2, 0.25) is 5.91 Å². The molecule has 0 saturated carbocycles. The molecule has 25 heavy (non-hydrogen) atoms. The number of hydrogen-bond acceptors (Lipinski definition) is 4. The molecule has 1 N–H and O–H groups in total. The first-order valence-corrected chi connectivity index (χ1v) is 8.17. The number of aromatic nitrogens is 1. The van der Waals surface area contributed by atoms with Gasteiger partial charge in [0.05, 0.1) is 19.0 Å². The minimum absolute atomic E-state index is 0.167. The maximum absolute atomic E-state index is 12.2. The largest absolute Gasteiger partial charge is 0.495 e. The van der Waals surface area contributed by atoms with Gasteiger partial charge in [0.15, 0.2) is 11.7 Å². The van der Waals surface area contributed by atoms with Gasteiger partial charge in [-0.2, -0.15) is 0 Å². The summed E-state index contributed by atoms with van der Waals surface area (Å²) >= 11 is 5.96. The lowest BCUT2D eigenvalue weighted by molar-refractivity contribution is -0.116. The Hall–Kier alpha value is -2.79. The number of halogens is 1. The molecule has 1 heterocycles. The molecule has 3 rings (SSSR count). The molecule has 0 aliphatic carbocycles. The van der Waals surface area contributed by atoms with Gasteiger partial charge in [0, 0.05) is 23.4 Å². The van der Waals surface area contributed by atoms with E-state index in [0.29, 0.717) is 34.5 Å². The third-order valence-corrected chi connectivity index (χ3v) is 3.85. The van der Waals surface area contributed by atoms with Crippen LogP contribution in [0.25, 0.3) is 11.3 Å². The van der Waals surface area contributed by atoms with Gasteiger partial charge >= 0.3 is 0 Å². The molecule has 1 aromatic heterocycles. The van der Waals surface area contributed by atoms with Crippen molar-refractivity contribution in [3.63, 3.8) is 0 Å². The van der Waals surface area contributed by atoms with Crippen molar-refractivity contribution in [3.8, 4) is 17.1 Å². The van der Waals surface area contributed by atoms with E-state index < -0.39 is 0 Å². The fourth-order valence-electron chi connectivity index (χ4n) is 2.37. The summed E-state index contributed by atoms with van der Waals surface area (Å²) in [5, 5.41) is 3.32. The fraction of sp³-hybridized carbons (Fsp3) is 0.158. The zero-order valence-electron chi connectivity index (χ0n) is 13.7. The normalized spacial score (nSPS) is 10.5. The third-order valence-electron chi connectivity index (χ3n) is 3.61. The van der Waals surface area contributed by atoms with E-state index >= 15 is 0 Å². The number of amides is 1. The van der Waals surface area contributed by atoms with Crippen LogP contribution in [0.15, 0.2) is 59.1 Å². The van der Waals surface area contributed by atoms with Gasteiger partial charge in [0.1, 0.15) is 5.75 Å². The van der Waals surface area contributed by atoms with Crippen molar-refractivity contribution in [2.75, 3.05) is 12.4 Å². The molecule has 0 aliphatic heterocycles. The smallest absolute Gasteiger partial charge is 0.224 e. The zero-order valence-corrected chi connectivity index (χ0v) is 14.4. The fourth-order valence-corrected chi connectivity index (χ4v) is 2.54. The monoisotopic (exact) mass is 356 g/mol. The molecule has 0 fully saturated rings. The number of nitrogens with zero attached hydrogens (tertiary/aromatic N) is 1. The summed E-state index contributed by atoms with van der Waals surface area (Å²) in [6.07, 6.45) is 2.31. The average Bonchev–Trinajstić information content (AvgIpc) is 3.10. The lowest BCUT2D eigenvalue weighted by atomic mass is 10.2. The first-order chi connectivity index (χ1) is 12.2. The summed E-state index contributed by atoms with van der Waals surface area (Å²) in [5.74, 6) is 1.60. The number of carbonyl (C=O) groups excluding carboxylic acids is 1. The summed E-state index contributed by atoms with van der Waals surface area (Å²) in [4.78, 5) is 16.4. The molecule has 0 bridgehead atoms. The SMILES string of the molecule is COc1ccc(Cl)cc1NC(=O)CCc1ncc(-c2ccccc2)o1. The van der Waals surface area contributed by atoms with Gasteiger partial charge in [0.25, 0.3) is 0 Å². The predicted octanol–water partition coefficient (Wildman–Crippen LogP) is 4.57. The highest BCUT2D eigenvalue weighted by Crippen LogP contribution is 2.28. The van der Waals surface area contributed by atoms with Crippen molar-refractivity contribution < 1.29 is 13.9 Å². The molecule has 0 atom stereocenters. The van der Waals surface area contributed by atoms with E-state index in [9.17, 15) is 4.79 Å². The topological polar surface area (TPSA) is 64.4 Å². The van der Waals surface area contributed by atoms with Gasteiger partial charge in [-0.15, -0.1) is 0 Å². The standard InChI is InChI=1S/C19H17ClN2O3/c1-24-16-8-7-14(20)11-15(16)22-18(23)9-10-19-21-12-17(25-19)13-5-3-2-4-6-13/h2-8,11-12H,9-10H2,1H3,(H,22,23). The molecule has 0 unspecified atom stereocenters. The van der Waals surface area contributed by atoms with Crippen molar-refractivity contribution in [2.45, 2.75) is 12.8 Å². The molecular formula is C19H17ClN2O3. The Bertz CT molecular complexity index is 862. The Morgan fingerprint density at radius 1 is 1.24 bits per heavy atom. The zero-order chi connectivity index (χ0) is 17.6. The molecule has 2 aromatic carbocycles. The molecule has 0 saturated heterocycles. The number of anilines is 1. The van der Waals surface area contributed by atoms with Crippen molar-refractivity contribution in [3.05, 3.63) is 65.6 Å². The second kappa shape index (κ2) is 7.85. The number of benzene rings is 2. The molecule has 6 heteroatoms. The number of nitrogens with one attached hydrogen (secondary N) is 1. The number of hydrogen-bond donors (Lipinski definition) is 1. The molecule has 128 valence electrons. The summed E-state index contributed by atoms with van der Waals surface area (Å²) in [6.45, 7) is 0. The van der Waals surface area contributed by atoms with Gasteiger partial charge < -0.3 is 14.5 Å². The minimum atomic E-state index is -0.167. The predicted molar refractivity (Wildman–Crippen MR) is 96.9 cm³/mol. The molecule has 0 spiro atoms. The number of carbonyl (C=O) groups is 1. The molecule has 5 nitrogen and oxygen atoms in total. The summed E-state index contributed by atoms with van der Waals surface area (Å²) in [7, 11) is 1.54. The van der Waals surface area contributed by atoms with Crippen molar-refractivity contribution >= 4 is 23.2 Å². The van der Waals surface area contributed by atoms with Crippen LogP contribution in [0, 0.1) is 0 Å². The van der Waals surface area contributed by atoms with Gasteiger partial charge in [-0.1, -0.05) is 41.9 Å². The van der Waals surface area contributed by atoms with E-state index in [2.05, 4.69) is 10.3 Å². The van der Waals surface area contributed by atoms with Crippen LogP contribution in [0.2, 0.25) is 5.02 Å². The average molecular weight is 357 g/mol. The second-order valence-electron chi connectivity index (χ2n) is 5.38. The first-order valence-electron chi connectivity index (χ1n) is 7.79. The minimum Gasteiger partial charge on any atom is -0.495 e. The van der Waals surface area contributed by atoms with E-state index in [4.69, 9.17) is 20.8 Å². The first kappa shape index (κ1) is 17.0. The summed E-state index contributed by atoms with van der Waals surface area (Å²) in [6, 6.07) is 14.8. The van der Waals surface area contributed by atoms with E-state index in [1.165, 1.54) is 7.11 Å². The van der Waals surface area contributed by atoms with Crippen LogP contribution in [0.3, 0.4) is 0 Å². The molecule has 3 aromatic rings. The maximum Gasteiger partial charge on any atom is 0.224 e. The van der Waals surface area contributed by atoms with Crippen LogP contribution in [-0.2, 0) is 11.2 Å². The number of rotatable bonds is 6. The highest BCUT2D eigenvalue weighted by atomic mass is 35.5. The summed E-state index contributed by atoms with van der Waals surface area (Å²) in [5.41, 5.74) is 1.49. The van der Waals surface area contributed by atoms with Gasteiger partial charge in [-0.25, -0.2) is 4.98 Å². The van der Waals surface area contributed by atoms with Crippen LogP contribution in [-0.4, -0.2) is 18.0 Å². The molecule has 0 aliphatic rings. The lowest BCUT2D eigenvalue weighted by Crippen LogP contribution is -2.13. The van der Waals surface area contributed by atoms with E-state index in [-0.39, 0.29) is 12.3 Å². The highest BCUT2D eigenvalue weighted by molar-refractivity contribution is 6.31. The Kier molecular flexibility index (Phi) is 5.36. The van der Waals surface area contributed by atoms with Crippen LogP contribution in [0.4, 0.5) is 5.69 Å². The Morgan fingerprint density at radius 3 is 2.80 bits per heavy atom. The Labute approximate surface area is 150 Å². The number of ether oxygens (including phenoxy) is 1. The van der Waals surface area contributed by atoms with E-state index in [0.717, 1.165) is 5.56 Å². The van der Waals surface area contributed by atoms with Gasteiger partial charge in [-0.05, 0) is 18.2 Å². The lowest BCUT2D eigenvalue weighted by Gasteiger charge is -2.10. The van der Waals surface area contributed by atoms with Crippen molar-refractivity contribution in [1.82, 2.24) is 4.98 Å². The molecular weight excluding hydrogens is 340 g/mol. The number of aryl methyl sites for hydroxylation is 1. The van der Waals surface area contributed by atoms with E-state index in [1.807, 2.05) is 30.3 Å². The Morgan fingerprint density at radius 2 is 2.04 bits per heavy atom. The third kappa shape index (κ3) is 4.39. The highest BCUT2D eigenvalue weighted by Gasteiger charge is 2.11. The van der Waals surface area contributed by atoms with Crippen LogP contribution in [0.1, 0.15) is 12.3 Å². The van der Waals surface area contributed by atoms with E-state index in [1.54, 1.807) is 24.4 Å². The van der Waals surface area contributed by atoms with Crippen LogP contribution in [0.5, 0.6) is 5.75 Å². The quantitative estimate of drug-likeness (QED) is 0.702. The Balaban J connectivity index is 1.60. The molecule has 0 radical (unpaired) electrons. The number of methoxy groups -OCH3 is 1. The van der Waals surface area contributed by atoms with Crippen molar-refractivity contribution in [2.24, 2.45) is 0 Å². The van der Waals surface area contributed by atoms with Crippen LogP contribution >= 0.6 is 11.6 Å². The maximum atomic E-state index is 12.2. The van der Waals surface area contributed by atoms with Gasteiger partial charge in [-0.3, -0.25) is 4.79 Å². The summed E-state index contributed by atoms with van der Waals surface area (Å²) < 4.78 is 10.9. The number of oxazole rings is 1. The van der Waals surface area contributed by atoms with Crippen LogP contribution < -0.4 is 10.1 Å².